The maximum absolute atomic E-state index is 11.7. The predicted octanol–water partition coefficient (Wildman–Crippen LogP) is 2.55. The van der Waals surface area contributed by atoms with Gasteiger partial charge in [0.1, 0.15) is 11.5 Å². The van der Waals surface area contributed by atoms with Crippen molar-refractivity contribution in [2.75, 3.05) is 13.7 Å². The van der Waals surface area contributed by atoms with E-state index in [1.165, 1.54) is 6.08 Å². The van der Waals surface area contributed by atoms with Crippen molar-refractivity contribution >= 4 is 17.9 Å². The molecule has 2 amide bonds. The van der Waals surface area contributed by atoms with Crippen LogP contribution < -0.4 is 20.3 Å². The lowest BCUT2D eigenvalue weighted by Gasteiger charge is -2.09. The van der Waals surface area contributed by atoms with Crippen LogP contribution in [0.25, 0.3) is 6.08 Å². The number of rotatable bonds is 6. The minimum atomic E-state index is -0.450. The summed E-state index contributed by atoms with van der Waals surface area (Å²) in [7, 11) is 1.59. The standard InChI is InChI=1S/C20H22N2O4/c1-14-4-8-18(12-15(14)2)26-13-20(24)22-21-19(23)11-7-16-5-9-17(25-3)10-6-16/h4-12H,13H2,1-3H3,(H,21,23)(H,22,24). The molecule has 2 N–H and O–H groups in total. The molecule has 6 heteroatoms. The molecule has 0 fully saturated rings. The van der Waals surface area contributed by atoms with Gasteiger partial charge in [0.25, 0.3) is 11.8 Å². The number of amides is 2. The van der Waals surface area contributed by atoms with Gasteiger partial charge in [-0.15, -0.1) is 0 Å². The van der Waals surface area contributed by atoms with Gasteiger partial charge in [0.05, 0.1) is 7.11 Å². The zero-order valence-electron chi connectivity index (χ0n) is 15.0. The van der Waals surface area contributed by atoms with Crippen molar-refractivity contribution < 1.29 is 19.1 Å². The fourth-order valence-electron chi connectivity index (χ4n) is 2.05. The first-order valence-electron chi connectivity index (χ1n) is 8.09. The Kier molecular flexibility index (Phi) is 6.79. The Hall–Kier alpha value is -3.28. The third-order valence-corrected chi connectivity index (χ3v) is 3.72. The third-order valence-electron chi connectivity index (χ3n) is 3.72. The number of hydrazine groups is 1. The lowest BCUT2D eigenvalue weighted by molar-refractivity contribution is -0.128. The Morgan fingerprint density at radius 1 is 0.962 bits per heavy atom. The number of methoxy groups -OCH3 is 1. The second-order valence-electron chi connectivity index (χ2n) is 5.68. The van der Waals surface area contributed by atoms with Crippen LogP contribution in [-0.2, 0) is 9.59 Å². The van der Waals surface area contributed by atoms with Gasteiger partial charge in [-0.1, -0.05) is 18.2 Å². The van der Waals surface area contributed by atoms with E-state index >= 15 is 0 Å². The summed E-state index contributed by atoms with van der Waals surface area (Å²) >= 11 is 0. The van der Waals surface area contributed by atoms with Crippen LogP contribution in [0.4, 0.5) is 0 Å². The summed E-state index contributed by atoms with van der Waals surface area (Å²) in [6.45, 7) is 3.78. The van der Waals surface area contributed by atoms with Gasteiger partial charge in [-0.05, 0) is 60.9 Å². The number of nitrogens with one attached hydrogen (secondary N) is 2. The molecule has 0 bridgehead atoms. The number of carbonyl (C=O) groups is 2. The van der Waals surface area contributed by atoms with Crippen LogP contribution in [-0.4, -0.2) is 25.5 Å². The lowest BCUT2D eigenvalue weighted by atomic mass is 10.1. The van der Waals surface area contributed by atoms with E-state index in [2.05, 4.69) is 10.9 Å². The zero-order valence-corrected chi connectivity index (χ0v) is 15.0. The van der Waals surface area contributed by atoms with E-state index in [1.54, 1.807) is 31.4 Å². The quantitative estimate of drug-likeness (QED) is 0.617. The zero-order chi connectivity index (χ0) is 18.9. The number of carbonyl (C=O) groups excluding carboxylic acids is 2. The highest BCUT2D eigenvalue weighted by atomic mass is 16.5. The molecule has 0 atom stereocenters. The highest BCUT2D eigenvalue weighted by molar-refractivity contribution is 5.93. The van der Waals surface area contributed by atoms with Crippen LogP contribution in [0, 0.1) is 13.8 Å². The van der Waals surface area contributed by atoms with Gasteiger partial charge < -0.3 is 9.47 Å². The maximum atomic E-state index is 11.7. The summed E-state index contributed by atoms with van der Waals surface area (Å²) in [5.74, 6) is 0.450. The summed E-state index contributed by atoms with van der Waals surface area (Å²) in [5.41, 5.74) is 7.67. The summed E-state index contributed by atoms with van der Waals surface area (Å²) < 4.78 is 10.5. The molecule has 2 rings (SSSR count). The molecule has 2 aromatic rings. The van der Waals surface area contributed by atoms with E-state index in [9.17, 15) is 9.59 Å². The first-order valence-corrected chi connectivity index (χ1v) is 8.09. The van der Waals surface area contributed by atoms with E-state index in [1.807, 2.05) is 38.1 Å². The van der Waals surface area contributed by atoms with Gasteiger partial charge in [0, 0.05) is 6.08 Å². The highest BCUT2D eigenvalue weighted by Gasteiger charge is 2.04. The SMILES string of the molecule is COc1ccc(C=CC(=O)NNC(=O)COc2ccc(C)c(C)c2)cc1. The molecule has 0 aliphatic heterocycles. The summed E-state index contributed by atoms with van der Waals surface area (Å²) in [4.78, 5) is 23.5. The van der Waals surface area contributed by atoms with E-state index in [-0.39, 0.29) is 6.61 Å². The molecule has 0 radical (unpaired) electrons. The Bertz CT molecular complexity index is 798. The Morgan fingerprint density at radius 3 is 2.31 bits per heavy atom. The predicted molar refractivity (Wildman–Crippen MR) is 99.7 cm³/mol. The van der Waals surface area contributed by atoms with Crippen LogP contribution in [0.1, 0.15) is 16.7 Å². The van der Waals surface area contributed by atoms with Gasteiger partial charge in [-0.3, -0.25) is 20.4 Å². The molecule has 136 valence electrons. The Balaban J connectivity index is 1.74. The molecule has 26 heavy (non-hydrogen) atoms. The molecule has 0 saturated carbocycles. The normalized spacial score (nSPS) is 10.4. The van der Waals surface area contributed by atoms with Crippen LogP contribution in [0.15, 0.2) is 48.5 Å². The van der Waals surface area contributed by atoms with E-state index < -0.39 is 11.8 Å². The van der Waals surface area contributed by atoms with E-state index in [0.29, 0.717) is 5.75 Å². The fraction of sp³-hybridized carbons (Fsp3) is 0.200. The van der Waals surface area contributed by atoms with Crippen molar-refractivity contribution in [3.8, 4) is 11.5 Å². The smallest absolute Gasteiger partial charge is 0.276 e. The second kappa shape index (κ2) is 9.27. The van der Waals surface area contributed by atoms with Crippen molar-refractivity contribution in [2.24, 2.45) is 0 Å². The number of benzene rings is 2. The number of aryl methyl sites for hydroxylation is 2. The lowest BCUT2D eigenvalue weighted by Crippen LogP contribution is -2.43. The molecule has 0 heterocycles. The van der Waals surface area contributed by atoms with Crippen molar-refractivity contribution in [3.05, 3.63) is 65.2 Å². The first-order chi connectivity index (χ1) is 12.5. The van der Waals surface area contributed by atoms with Gasteiger partial charge in [0.2, 0.25) is 0 Å². The van der Waals surface area contributed by atoms with Gasteiger partial charge in [0.15, 0.2) is 6.61 Å². The minimum absolute atomic E-state index is 0.190. The van der Waals surface area contributed by atoms with Crippen LogP contribution >= 0.6 is 0 Å². The minimum Gasteiger partial charge on any atom is -0.497 e. The highest BCUT2D eigenvalue weighted by Crippen LogP contribution is 2.16. The van der Waals surface area contributed by atoms with Crippen molar-refractivity contribution in [1.29, 1.82) is 0 Å². The van der Waals surface area contributed by atoms with E-state index in [0.717, 1.165) is 22.4 Å². The van der Waals surface area contributed by atoms with Crippen molar-refractivity contribution in [2.45, 2.75) is 13.8 Å². The van der Waals surface area contributed by atoms with Gasteiger partial charge >= 0.3 is 0 Å². The molecular formula is C20H22N2O4. The topological polar surface area (TPSA) is 76.7 Å². The summed E-state index contributed by atoms with van der Waals surface area (Å²) in [6.07, 6.45) is 2.96. The van der Waals surface area contributed by atoms with Crippen LogP contribution in [0.5, 0.6) is 11.5 Å². The van der Waals surface area contributed by atoms with Crippen LogP contribution in [0.2, 0.25) is 0 Å². The van der Waals surface area contributed by atoms with Gasteiger partial charge in [-0.2, -0.15) is 0 Å². The molecule has 0 spiro atoms. The Labute approximate surface area is 152 Å². The summed E-state index contributed by atoms with van der Waals surface area (Å²) in [5, 5.41) is 0. The molecule has 0 unspecified atom stereocenters. The molecular weight excluding hydrogens is 332 g/mol. The van der Waals surface area contributed by atoms with Crippen molar-refractivity contribution in [3.63, 3.8) is 0 Å². The molecule has 6 nitrogen and oxygen atoms in total. The number of hydrogen-bond acceptors (Lipinski definition) is 4. The molecule has 0 aliphatic rings. The average Bonchev–Trinajstić information content (AvgIpc) is 2.66. The second-order valence-corrected chi connectivity index (χ2v) is 5.68. The number of ether oxygens (including phenoxy) is 2. The molecule has 0 aliphatic carbocycles. The monoisotopic (exact) mass is 354 g/mol. The van der Waals surface area contributed by atoms with Crippen LogP contribution in [0.3, 0.4) is 0 Å². The molecule has 2 aromatic carbocycles. The third kappa shape index (κ3) is 5.98. The number of hydrogen-bond donors (Lipinski definition) is 2. The fourth-order valence-corrected chi connectivity index (χ4v) is 2.05. The largest absolute Gasteiger partial charge is 0.497 e. The Morgan fingerprint density at radius 2 is 1.65 bits per heavy atom. The van der Waals surface area contributed by atoms with Gasteiger partial charge in [-0.25, -0.2) is 0 Å². The summed E-state index contributed by atoms with van der Waals surface area (Å²) in [6, 6.07) is 12.8. The molecule has 0 saturated heterocycles. The molecule has 0 aromatic heterocycles. The van der Waals surface area contributed by atoms with Crippen molar-refractivity contribution in [1.82, 2.24) is 10.9 Å². The average molecular weight is 354 g/mol. The maximum Gasteiger partial charge on any atom is 0.276 e. The first kappa shape index (κ1) is 19.1. The van der Waals surface area contributed by atoms with E-state index in [4.69, 9.17) is 9.47 Å².